The predicted molar refractivity (Wildman–Crippen MR) is 84.7 cm³/mol. The summed E-state index contributed by atoms with van der Waals surface area (Å²) in [5.41, 5.74) is 5.31. The van der Waals surface area contributed by atoms with Crippen molar-refractivity contribution in [1.29, 1.82) is 0 Å². The number of hydrogen-bond acceptors (Lipinski definition) is 2. The van der Waals surface area contributed by atoms with Crippen molar-refractivity contribution in [3.8, 4) is 11.3 Å². The molecule has 106 valence electrons. The van der Waals surface area contributed by atoms with Gasteiger partial charge in [-0.3, -0.25) is 4.90 Å². The average molecular weight is 277 g/mol. The summed E-state index contributed by atoms with van der Waals surface area (Å²) in [6.07, 6.45) is 1.11. The summed E-state index contributed by atoms with van der Waals surface area (Å²) in [7, 11) is 2.18. The summed E-state index contributed by atoms with van der Waals surface area (Å²) in [6, 6.07) is 17.5. The Bertz CT molecular complexity index is 758. The van der Waals surface area contributed by atoms with Crippen LogP contribution in [0.1, 0.15) is 28.5 Å². The third kappa shape index (κ3) is 2.07. The minimum atomic E-state index is 0.216. The van der Waals surface area contributed by atoms with Crippen LogP contribution >= 0.6 is 0 Å². The predicted octanol–water partition coefficient (Wildman–Crippen LogP) is 4.27. The highest BCUT2D eigenvalue weighted by atomic mass is 16.3. The summed E-state index contributed by atoms with van der Waals surface area (Å²) in [4.78, 5) is 2.38. The van der Waals surface area contributed by atoms with E-state index in [9.17, 15) is 0 Å². The zero-order chi connectivity index (χ0) is 14.4. The maximum atomic E-state index is 6.17. The Balaban J connectivity index is 1.87. The van der Waals surface area contributed by atoms with Gasteiger partial charge in [0.25, 0.3) is 0 Å². The van der Waals surface area contributed by atoms with E-state index in [1.807, 2.05) is 12.1 Å². The van der Waals surface area contributed by atoms with Crippen molar-refractivity contribution in [2.45, 2.75) is 19.4 Å². The van der Waals surface area contributed by atoms with Crippen LogP contribution in [0.15, 0.2) is 52.9 Å². The SMILES string of the molecule is Cc1ccc2c(c1)C(c1ccc3cccc-3o1)N(C)CC2. The first-order chi connectivity index (χ1) is 10.2. The molecule has 0 saturated carbocycles. The first-order valence-electron chi connectivity index (χ1n) is 7.50. The lowest BCUT2D eigenvalue weighted by Crippen LogP contribution is -2.32. The second kappa shape index (κ2) is 4.74. The Kier molecular flexibility index (Phi) is 2.86. The van der Waals surface area contributed by atoms with Gasteiger partial charge in [0, 0.05) is 12.1 Å². The number of likely N-dealkylation sites (N-methyl/N-ethyl adjacent to an activating group) is 1. The molecule has 0 N–H and O–H groups in total. The van der Waals surface area contributed by atoms with Crippen LogP contribution in [0, 0.1) is 6.92 Å². The van der Waals surface area contributed by atoms with Crippen molar-refractivity contribution in [2.24, 2.45) is 0 Å². The van der Waals surface area contributed by atoms with E-state index in [0.717, 1.165) is 24.5 Å². The molecule has 3 aliphatic rings. The van der Waals surface area contributed by atoms with E-state index >= 15 is 0 Å². The van der Waals surface area contributed by atoms with Gasteiger partial charge in [0.2, 0.25) is 0 Å². The van der Waals surface area contributed by atoms with E-state index in [-0.39, 0.29) is 6.04 Å². The van der Waals surface area contributed by atoms with Crippen LogP contribution in [0.5, 0.6) is 0 Å². The number of aryl methyl sites for hydroxylation is 1. The maximum Gasteiger partial charge on any atom is 0.134 e. The summed E-state index contributed by atoms with van der Waals surface area (Å²) in [6.45, 7) is 3.22. The Labute approximate surface area is 125 Å². The topological polar surface area (TPSA) is 16.4 Å². The van der Waals surface area contributed by atoms with E-state index in [1.165, 1.54) is 22.3 Å². The van der Waals surface area contributed by atoms with Gasteiger partial charge in [-0.25, -0.2) is 0 Å². The third-order valence-electron chi connectivity index (χ3n) is 4.50. The first-order valence-corrected chi connectivity index (χ1v) is 7.50. The molecule has 1 unspecified atom stereocenters. The van der Waals surface area contributed by atoms with Gasteiger partial charge in [0.05, 0.1) is 6.04 Å². The normalized spacial score (nSPS) is 18.9. The molecule has 0 aromatic heterocycles. The van der Waals surface area contributed by atoms with Gasteiger partial charge in [-0.1, -0.05) is 35.9 Å². The second-order valence-electron chi connectivity index (χ2n) is 6.02. The average Bonchev–Trinajstić information content (AvgIpc) is 2.94. The van der Waals surface area contributed by atoms with E-state index < -0.39 is 0 Å². The van der Waals surface area contributed by atoms with E-state index in [1.54, 1.807) is 0 Å². The fourth-order valence-corrected chi connectivity index (χ4v) is 3.36. The largest absolute Gasteiger partial charge is 0.459 e. The van der Waals surface area contributed by atoms with E-state index in [4.69, 9.17) is 4.42 Å². The number of hydrogen-bond donors (Lipinski definition) is 0. The number of fused-ring (bicyclic) bond motifs is 2. The van der Waals surface area contributed by atoms with Crippen molar-refractivity contribution >= 4 is 0 Å². The lowest BCUT2D eigenvalue weighted by atomic mass is 9.90. The molecular formula is C19H19NO. The van der Waals surface area contributed by atoms with Crippen LogP contribution in [0.4, 0.5) is 0 Å². The molecule has 21 heavy (non-hydrogen) atoms. The Hall–Kier alpha value is -2.06. The molecule has 0 bridgehead atoms. The zero-order valence-corrected chi connectivity index (χ0v) is 12.5. The fourth-order valence-electron chi connectivity index (χ4n) is 3.36. The minimum absolute atomic E-state index is 0.216. The second-order valence-corrected chi connectivity index (χ2v) is 6.02. The molecule has 1 aliphatic carbocycles. The van der Waals surface area contributed by atoms with Gasteiger partial charge < -0.3 is 4.42 Å². The maximum absolute atomic E-state index is 6.17. The van der Waals surface area contributed by atoms with Crippen molar-refractivity contribution < 1.29 is 4.42 Å². The third-order valence-corrected chi connectivity index (χ3v) is 4.50. The van der Waals surface area contributed by atoms with Crippen LogP contribution in [-0.2, 0) is 6.42 Å². The molecule has 1 aromatic rings. The summed E-state index contributed by atoms with van der Waals surface area (Å²) in [5, 5.41) is 0. The Morgan fingerprint density at radius 1 is 1.10 bits per heavy atom. The molecule has 0 saturated heterocycles. The summed E-state index contributed by atoms with van der Waals surface area (Å²) >= 11 is 0. The van der Waals surface area contributed by atoms with Gasteiger partial charge >= 0.3 is 0 Å². The smallest absolute Gasteiger partial charge is 0.134 e. The van der Waals surface area contributed by atoms with Crippen LogP contribution < -0.4 is 0 Å². The number of benzene rings is 1. The van der Waals surface area contributed by atoms with Crippen LogP contribution in [0.25, 0.3) is 11.3 Å². The standard InChI is InChI=1S/C19H19NO/c1-13-6-7-14-10-11-20(2)19(16(14)12-13)18-9-8-15-4-3-5-17(15)21-18/h3-9,12,19H,10-11H2,1-2H3. The molecule has 0 amide bonds. The van der Waals surface area contributed by atoms with Crippen LogP contribution in [0.3, 0.4) is 0 Å². The molecule has 2 heteroatoms. The highest BCUT2D eigenvalue weighted by Crippen LogP contribution is 2.37. The number of nitrogens with zero attached hydrogens (tertiary/aromatic N) is 1. The molecule has 1 atom stereocenters. The molecule has 4 rings (SSSR count). The van der Waals surface area contributed by atoms with Gasteiger partial charge in [-0.15, -0.1) is 0 Å². The highest BCUT2D eigenvalue weighted by Gasteiger charge is 2.28. The first kappa shape index (κ1) is 12.7. The van der Waals surface area contributed by atoms with Crippen molar-refractivity contribution in [2.75, 3.05) is 13.6 Å². The van der Waals surface area contributed by atoms with Gasteiger partial charge in [-0.05, 0) is 49.7 Å². The molecule has 0 spiro atoms. The van der Waals surface area contributed by atoms with Crippen LogP contribution in [0.2, 0.25) is 0 Å². The summed E-state index contributed by atoms with van der Waals surface area (Å²) < 4.78 is 6.17. The summed E-state index contributed by atoms with van der Waals surface area (Å²) in [5.74, 6) is 2.00. The van der Waals surface area contributed by atoms with Crippen LogP contribution in [-0.4, -0.2) is 18.5 Å². The number of rotatable bonds is 1. The highest BCUT2D eigenvalue weighted by molar-refractivity contribution is 5.60. The zero-order valence-electron chi connectivity index (χ0n) is 12.5. The molecule has 0 fully saturated rings. The van der Waals surface area contributed by atoms with Crippen molar-refractivity contribution in [3.63, 3.8) is 0 Å². The van der Waals surface area contributed by atoms with Crippen molar-refractivity contribution in [3.05, 3.63) is 71.0 Å². The quantitative estimate of drug-likeness (QED) is 0.660. The lowest BCUT2D eigenvalue weighted by Gasteiger charge is -2.34. The van der Waals surface area contributed by atoms with Gasteiger partial charge in [0.1, 0.15) is 11.5 Å². The fraction of sp³-hybridized carbons (Fsp3) is 0.263. The molecule has 2 heterocycles. The molecule has 2 aliphatic heterocycles. The minimum Gasteiger partial charge on any atom is -0.459 e. The van der Waals surface area contributed by atoms with E-state index in [2.05, 4.69) is 55.3 Å². The molecule has 2 nitrogen and oxygen atoms in total. The lowest BCUT2D eigenvalue weighted by molar-refractivity contribution is 0.234. The van der Waals surface area contributed by atoms with E-state index in [0.29, 0.717) is 0 Å². The Morgan fingerprint density at radius 2 is 2.00 bits per heavy atom. The Morgan fingerprint density at radius 3 is 2.90 bits per heavy atom. The molecular weight excluding hydrogens is 258 g/mol. The molecule has 0 radical (unpaired) electrons. The van der Waals surface area contributed by atoms with Crippen molar-refractivity contribution in [1.82, 2.24) is 4.90 Å². The monoisotopic (exact) mass is 277 g/mol. The molecule has 1 aromatic carbocycles. The van der Waals surface area contributed by atoms with Gasteiger partial charge in [0.15, 0.2) is 0 Å². The van der Waals surface area contributed by atoms with Gasteiger partial charge in [-0.2, -0.15) is 0 Å².